The van der Waals surface area contributed by atoms with Crippen LogP contribution < -0.4 is 10.5 Å². The van der Waals surface area contributed by atoms with E-state index in [1.165, 1.54) is 0 Å². The zero-order chi connectivity index (χ0) is 15.8. The van der Waals surface area contributed by atoms with Crippen LogP contribution in [0.3, 0.4) is 0 Å². The van der Waals surface area contributed by atoms with Gasteiger partial charge in [-0.05, 0) is 59.6 Å². The summed E-state index contributed by atoms with van der Waals surface area (Å²) in [6.07, 6.45) is 0. The number of rotatable bonds is 3. The van der Waals surface area contributed by atoms with Gasteiger partial charge in [-0.2, -0.15) is 0 Å². The van der Waals surface area contributed by atoms with Gasteiger partial charge in [0.15, 0.2) is 0 Å². The standard InChI is InChI=1S/C13H13BrFN3O2S/c1-7-3-8(2)17-13(4-7)18-21(19,20)12-6-11(16)10(15)5-9(12)14/h3-6H,16H2,1-2H3,(H,17,18). The molecule has 112 valence electrons. The molecule has 1 heterocycles. The third kappa shape index (κ3) is 3.51. The molecule has 1 aromatic carbocycles. The zero-order valence-electron chi connectivity index (χ0n) is 11.3. The minimum atomic E-state index is -3.92. The van der Waals surface area contributed by atoms with Gasteiger partial charge < -0.3 is 5.73 Å². The summed E-state index contributed by atoms with van der Waals surface area (Å²) in [6, 6.07) is 5.50. The van der Waals surface area contributed by atoms with E-state index in [0.717, 1.165) is 17.7 Å². The smallest absolute Gasteiger partial charge is 0.264 e. The number of aryl methyl sites for hydroxylation is 2. The highest BCUT2D eigenvalue weighted by molar-refractivity contribution is 9.10. The molecule has 21 heavy (non-hydrogen) atoms. The maximum atomic E-state index is 13.3. The van der Waals surface area contributed by atoms with Crippen LogP contribution in [0.4, 0.5) is 15.9 Å². The highest BCUT2D eigenvalue weighted by Gasteiger charge is 2.20. The van der Waals surface area contributed by atoms with Gasteiger partial charge in [0, 0.05) is 10.2 Å². The second kappa shape index (κ2) is 5.61. The summed E-state index contributed by atoms with van der Waals surface area (Å²) in [5.41, 5.74) is 6.74. The first-order chi connectivity index (χ1) is 9.69. The fourth-order valence-corrected chi connectivity index (χ4v) is 3.88. The molecule has 0 amide bonds. The molecule has 3 N–H and O–H groups in total. The molecule has 0 aliphatic carbocycles. The van der Waals surface area contributed by atoms with Crippen LogP contribution in [-0.2, 0) is 10.0 Å². The summed E-state index contributed by atoms with van der Waals surface area (Å²) in [7, 11) is -3.92. The minimum Gasteiger partial charge on any atom is -0.396 e. The van der Waals surface area contributed by atoms with Crippen molar-refractivity contribution in [2.75, 3.05) is 10.5 Å². The molecule has 0 atom stereocenters. The van der Waals surface area contributed by atoms with E-state index in [0.29, 0.717) is 5.69 Å². The number of aromatic nitrogens is 1. The first-order valence-corrected chi connectivity index (χ1v) is 8.19. The zero-order valence-corrected chi connectivity index (χ0v) is 13.7. The predicted molar refractivity (Wildman–Crippen MR) is 83.0 cm³/mol. The molecule has 2 rings (SSSR count). The Morgan fingerprint density at radius 3 is 2.52 bits per heavy atom. The molecule has 0 saturated heterocycles. The van der Waals surface area contributed by atoms with E-state index in [1.54, 1.807) is 13.0 Å². The Kier molecular flexibility index (Phi) is 4.20. The third-order valence-electron chi connectivity index (χ3n) is 2.68. The van der Waals surface area contributed by atoms with Gasteiger partial charge in [-0.15, -0.1) is 0 Å². The van der Waals surface area contributed by atoms with Gasteiger partial charge in [-0.3, -0.25) is 4.72 Å². The summed E-state index contributed by atoms with van der Waals surface area (Å²) in [5.74, 6) is -0.493. The lowest BCUT2D eigenvalue weighted by Gasteiger charge is -2.11. The van der Waals surface area contributed by atoms with E-state index in [-0.39, 0.29) is 20.9 Å². The molecule has 0 unspecified atom stereocenters. The number of halogens is 2. The molecule has 0 saturated carbocycles. The Labute approximate surface area is 130 Å². The van der Waals surface area contributed by atoms with Crippen LogP contribution in [0.2, 0.25) is 0 Å². The molecule has 5 nitrogen and oxygen atoms in total. The summed E-state index contributed by atoms with van der Waals surface area (Å²) >= 11 is 3.02. The highest BCUT2D eigenvalue weighted by atomic mass is 79.9. The highest BCUT2D eigenvalue weighted by Crippen LogP contribution is 2.28. The van der Waals surface area contributed by atoms with E-state index < -0.39 is 15.8 Å². The van der Waals surface area contributed by atoms with E-state index >= 15 is 0 Å². The number of anilines is 2. The van der Waals surface area contributed by atoms with Crippen molar-refractivity contribution in [1.82, 2.24) is 4.98 Å². The number of pyridine rings is 1. The average Bonchev–Trinajstić information content (AvgIpc) is 2.31. The summed E-state index contributed by atoms with van der Waals surface area (Å²) in [5, 5.41) is 0. The van der Waals surface area contributed by atoms with Gasteiger partial charge in [0.05, 0.1) is 5.69 Å². The van der Waals surface area contributed by atoms with Crippen LogP contribution in [0.15, 0.2) is 33.6 Å². The largest absolute Gasteiger partial charge is 0.396 e. The Morgan fingerprint density at radius 2 is 1.90 bits per heavy atom. The number of hydrogen-bond acceptors (Lipinski definition) is 4. The van der Waals surface area contributed by atoms with Gasteiger partial charge in [-0.1, -0.05) is 0 Å². The quantitative estimate of drug-likeness (QED) is 0.809. The van der Waals surface area contributed by atoms with E-state index in [1.807, 2.05) is 13.0 Å². The van der Waals surface area contributed by atoms with Crippen LogP contribution in [-0.4, -0.2) is 13.4 Å². The molecule has 0 radical (unpaired) electrons. The summed E-state index contributed by atoms with van der Waals surface area (Å²) < 4.78 is 40.4. The van der Waals surface area contributed by atoms with Crippen molar-refractivity contribution < 1.29 is 12.8 Å². The van der Waals surface area contributed by atoms with Crippen molar-refractivity contribution in [3.8, 4) is 0 Å². The molecular weight excluding hydrogens is 361 g/mol. The summed E-state index contributed by atoms with van der Waals surface area (Å²) in [6.45, 7) is 3.59. The molecule has 0 fully saturated rings. The minimum absolute atomic E-state index is 0.0890. The number of nitrogens with zero attached hydrogens (tertiary/aromatic N) is 1. The third-order valence-corrected chi connectivity index (χ3v) is 4.99. The van der Waals surface area contributed by atoms with Crippen LogP contribution in [0.5, 0.6) is 0 Å². The fourth-order valence-electron chi connectivity index (χ4n) is 1.84. The van der Waals surface area contributed by atoms with E-state index in [2.05, 4.69) is 25.6 Å². The fraction of sp³-hybridized carbons (Fsp3) is 0.154. The lowest BCUT2D eigenvalue weighted by molar-refractivity contribution is 0.599. The first-order valence-electron chi connectivity index (χ1n) is 5.91. The number of sulfonamides is 1. The van der Waals surface area contributed by atoms with Crippen molar-refractivity contribution in [1.29, 1.82) is 0 Å². The van der Waals surface area contributed by atoms with Gasteiger partial charge in [0.25, 0.3) is 10.0 Å². The Morgan fingerprint density at radius 1 is 1.24 bits per heavy atom. The maximum absolute atomic E-state index is 13.3. The Balaban J connectivity index is 2.45. The van der Waals surface area contributed by atoms with Gasteiger partial charge >= 0.3 is 0 Å². The second-order valence-electron chi connectivity index (χ2n) is 4.58. The topological polar surface area (TPSA) is 85.1 Å². The molecule has 0 aliphatic heterocycles. The van der Waals surface area contributed by atoms with Crippen LogP contribution >= 0.6 is 15.9 Å². The molecule has 2 aromatic rings. The lowest BCUT2D eigenvalue weighted by Crippen LogP contribution is -2.15. The molecular formula is C13H13BrFN3O2S. The van der Waals surface area contributed by atoms with Crippen molar-refractivity contribution in [3.05, 3.63) is 45.8 Å². The number of nitrogens with one attached hydrogen (secondary N) is 1. The molecule has 1 aromatic heterocycles. The Bertz CT molecular complexity index is 789. The summed E-state index contributed by atoms with van der Waals surface area (Å²) in [4.78, 5) is 3.95. The maximum Gasteiger partial charge on any atom is 0.264 e. The molecule has 8 heteroatoms. The number of benzene rings is 1. The van der Waals surface area contributed by atoms with Crippen molar-refractivity contribution in [3.63, 3.8) is 0 Å². The SMILES string of the molecule is Cc1cc(C)nc(NS(=O)(=O)c2cc(N)c(F)cc2Br)c1. The first kappa shape index (κ1) is 15.7. The van der Waals surface area contributed by atoms with Crippen LogP contribution in [0, 0.1) is 19.7 Å². The Hall–Kier alpha value is -1.67. The second-order valence-corrected chi connectivity index (χ2v) is 7.09. The predicted octanol–water partition coefficient (Wildman–Crippen LogP) is 2.98. The van der Waals surface area contributed by atoms with Gasteiger partial charge in [0.1, 0.15) is 16.5 Å². The average molecular weight is 374 g/mol. The monoisotopic (exact) mass is 373 g/mol. The molecule has 0 aliphatic rings. The van der Waals surface area contributed by atoms with Gasteiger partial charge in [-0.25, -0.2) is 17.8 Å². The van der Waals surface area contributed by atoms with Crippen molar-refractivity contribution in [2.45, 2.75) is 18.7 Å². The van der Waals surface area contributed by atoms with Crippen LogP contribution in [0.25, 0.3) is 0 Å². The normalized spacial score (nSPS) is 11.4. The lowest BCUT2D eigenvalue weighted by atomic mass is 10.2. The number of nitrogens with two attached hydrogens (primary N) is 1. The molecule has 0 bridgehead atoms. The van der Waals surface area contributed by atoms with Crippen molar-refractivity contribution >= 4 is 37.5 Å². The molecule has 0 spiro atoms. The van der Waals surface area contributed by atoms with E-state index in [4.69, 9.17) is 5.73 Å². The van der Waals surface area contributed by atoms with E-state index in [9.17, 15) is 12.8 Å². The van der Waals surface area contributed by atoms with Gasteiger partial charge in [0.2, 0.25) is 0 Å². The van der Waals surface area contributed by atoms with Crippen molar-refractivity contribution in [2.24, 2.45) is 0 Å². The number of nitrogen functional groups attached to an aromatic ring is 1. The number of hydrogen-bond donors (Lipinski definition) is 2. The van der Waals surface area contributed by atoms with Crippen LogP contribution in [0.1, 0.15) is 11.3 Å².